The molecule has 13 nitrogen and oxygen atoms in total. The highest BCUT2D eigenvalue weighted by Gasteiger charge is 2.23. The molecule has 0 aliphatic rings. The van der Waals surface area contributed by atoms with Crippen molar-refractivity contribution in [3.05, 3.63) is 82.9 Å². The van der Waals surface area contributed by atoms with Gasteiger partial charge in [-0.3, -0.25) is 14.8 Å². The lowest BCUT2D eigenvalue weighted by atomic mass is 10.1. The van der Waals surface area contributed by atoms with Crippen molar-refractivity contribution in [1.82, 2.24) is 0 Å². The molecule has 0 aliphatic carbocycles. The van der Waals surface area contributed by atoms with Crippen molar-refractivity contribution in [2.75, 3.05) is 11.0 Å². The molecule has 0 saturated carbocycles. The Kier molecular flexibility index (Phi) is 7.55. The van der Waals surface area contributed by atoms with E-state index in [1.165, 1.54) is 18.2 Å². The summed E-state index contributed by atoms with van der Waals surface area (Å²) in [5.41, 5.74) is -1.22. The van der Waals surface area contributed by atoms with Crippen LogP contribution in [0.5, 0.6) is 5.75 Å². The molecule has 40 heavy (non-hydrogen) atoms. The molecule has 0 bridgehead atoms. The fourth-order valence-electron chi connectivity index (χ4n) is 3.62. The van der Waals surface area contributed by atoms with Crippen LogP contribution >= 0.6 is 10.7 Å². The van der Waals surface area contributed by atoms with Crippen LogP contribution in [0.4, 0.5) is 22.7 Å². The minimum atomic E-state index is -4.48. The molecule has 17 heteroatoms. The normalized spacial score (nSPS) is 12.6. The number of hydrogen-bond acceptors (Lipinski definition) is 11. The largest absolute Gasteiger partial charge is 0.507 e. The molecule has 0 heterocycles. The molecule has 0 radical (unpaired) electrons. The number of phenolic OH excluding ortho intramolecular Hbond substituents is 1. The van der Waals surface area contributed by atoms with Gasteiger partial charge in [-0.2, -0.15) is 0 Å². The maximum absolute atomic E-state index is 13.3. The fourth-order valence-corrected chi connectivity index (χ4v) is 6.45. The quantitative estimate of drug-likeness (QED) is 0.0888. The zero-order valence-corrected chi connectivity index (χ0v) is 23.3. The second kappa shape index (κ2) is 10.5. The highest BCUT2D eigenvalue weighted by atomic mass is 35.7. The molecule has 4 aromatic rings. The number of aromatic hydroxyl groups is 1. The van der Waals surface area contributed by atoms with Gasteiger partial charge >= 0.3 is 0 Å². The molecule has 0 aliphatic heterocycles. The summed E-state index contributed by atoms with van der Waals surface area (Å²) < 4.78 is 76.9. The van der Waals surface area contributed by atoms with Crippen molar-refractivity contribution < 1.29 is 35.3 Å². The van der Waals surface area contributed by atoms with Crippen molar-refractivity contribution in [1.29, 1.82) is 0 Å². The highest BCUT2D eigenvalue weighted by molar-refractivity contribution is 8.13. The third-order valence-electron chi connectivity index (χ3n) is 5.45. The third kappa shape index (κ3) is 6.04. The highest BCUT2D eigenvalue weighted by Crippen LogP contribution is 2.41. The van der Waals surface area contributed by atoms with Gasteiger partial charge in [-0.25, -0.2) is 25.3 Å². The zero-order valence-electron chi connectivity index (χ0n) is 20.1. The van der Waals surface area contributed by atoms with E-state index in [4.69, 9.17) is 10.7 Å². The molecule has 0 amide bonds. The van der Waals surface area contributed by atoms with Crippen molar-refractivity contribution in [3.8, 4) is 5.75 Å². The van der Waals surface area contributed by atoms with E-state index in [1.54, 1.807) is 12.1 Å². The molecule has 4 rings (SSSR count). The van der Waals surface area contributed by atoms with E-state index in [-0.39, 0.29) is 33.6 Å². The minimum absolute atomic E-state index is 0.174. The summed E-state index contributed by atoms with van der Waals surface area (Å²) in [6.07, 6.45) is 0.821. The van der Waals surface area contributed by atoms with Crippen molar-refractivity contribution in [2.24, 2.45) is 10.2 Å². The predicted molar refractivity (Wildman–Crippen MR) is 146 cm³/mol. The van der Waals surface area contributed by atoms with Gasteiger partial charge in [-0.15, -0.1) is 10.2 Å². The number of nitrogens with zero attached hydrogens (tertiary/aromatic N) is 3. The number of nitro benzene ring substituents is 1. The molecule has 0 atom stereocenters. The average molecular weight is 625 g/mol. The van der Waals surface area contributed by atoms with E-state index in [2.05, 4.69) is 15.0 Å². The Morgan fingerprint density at radius 1 is 0.825 bits per heavy atom. The number of nitro groups is 1. The standard InChI is InChI=1S/C23H17ClN4O9S3/c1-38(32,33)22-11-14(28(30)31)9-10-19(22)25-26-20-13-21(29)17-7-2-3-8-18(17)23(20)27-40(36,37)16-6-4-5-15(12-16)39(24,34)35/h2-13,27,29H,1H3. The summed E-state index contributed by atoms with van der Waals surface area (Å²) >= 11 is 0. The van der Waals surface area contributed by atoms with E-state index in [1.807, 2.05) is 0 Å². The van der Waals surface area contributed by atoms with E-state index < -0.39 is 54.2 Å². The summed E-state index contributed by atoms with van der Waals surface area (Å²) in [4.78, 5) is 8.93. The van der Waals surface area contributed by atoms with Gasteiger partial charge in [0.2, 0.25) is 0 Å². The Bertz CT molecular complexity index is 2050. The number of sulfonamides is 1. The van der Waals surface area contributed by atoms with Gasteiger partial charge in [0.15, 0.2) is 9.84 Å². The average Bonchev–Trinajstić information content (AvgIpc) is 2.88. The van der Waals surface area contributed by atoms with Crippen molar-refractivity contribution >= 4 is 73.1 Å². The number of hydrogen-bond donors (Lipinski definition) is 2. The Hall–Kier alpha value is -4.12. The Balaban J connectivity index is 1.90. The van der Waals surface area contributed by atoms with Crippen LogP contribution < -0.4 is 4.72 Å². The second-order valence-electron chi connectivity index (χ2n) is 8.23. The van der Waals surface area contributed by atoms with Crippen LogP contribution in [0, 0.1) is 10.1 Å². The number of nitrogens with one attached hydrogen (secondary N) is 1. The molecule has 2 N–H and O–H groups in total. The number of sulfone groups is 1. The molecule has 0 aromatic heterocycles. The lowest BCUT2D eigenvalue weighted by Gasteiger charge is -2.14. The summed E-state index contributed by atoms with van der Waals surface area (Å²) in [5, 5.41) is 29.9. The Labute approximate surface area is 232 Å². The van der Waals surface area contributed by atoms with Crippen LogP contribution in [0.15, 0.2) is 97.7 Å². The second-order valence-corrected chi connectivity index (χ2v) is 14.5. The number of benzene rings is 4. The summed E-state index contributed by atoms with van der Waals surface area (Å²) in [6, 6.07) is 14.4. The summed E-state index contributed by atoms with van der Waals surface area (Å²) in [7, 11) is -7.38. The van der Waals surface area contributed by atoms with Gasteiger partial charge in [0.1, 0.15) is 22.0 Å². The van der Waals surface area contributed by atoms with Crippen LogP contribution in [0.2, 0.25) is 0 Å². The first kappa shape index (κ1) is 28.9. The number of phenols is 1. The first-order chi connectivity index (χ1) is 18.6. The van der Waals surface area contributed by atoms with Crippen LogP contribution in [0.3, 0.4) is 0 Å². The maximum atomic E-state index is 13.3. The molecule has 208 valence electrons. The molecule has 0 unspecified atom stereocenters. The number of halogens is 1. The predicted octanol–water partition coefficient (Wildman–Crippen LogP) is 5.00. The van der Waals surface area contributed by atoms with Crippen molar-refractivity contribution in [2.45, 2.75) is 14.7 Å². The van der Waals surface area contributed by atoms with Crippen LogP contribution in [-0.2, 0) is 28.9 Å². The Morgan fingerprint density at radius 3 is 2.08 bits per heavy atom. The van der Waals surface area contributed by atoms with E-state index in [0.29, 0.717) is 0 Å². The first-order valence-electron chi connectivity index (χ1n) is 10.8. The lowest BCUT2D eigenvalue weighted by molar-refractivity contribution is -0.385. The monoisotopic (exact) mass is 624 g/mol. The van der Waals surface area contributed by atoms with Gasteiger partial charge in [0.25, 0.3) is 24.8 Å². The minimum Gasteiger partial charge on any atom is -0.507 e. The third-order valence-corrected chi connectivity index (χ3v) is 9.28. The maximum Gasteiger partial charge on any atom is 0.270 e. The molecule has 0 spiro atoms. The van der Waals surface area contributed by atoms with Gasteiger partial charge < -0.3 is 5.11 Å². The number of fused-ring (bicyclic) bond motifs is 1. The van der Waals surface area contributed by atoms with Gasteiger partial charge in [0.05, 0.1) is 20.4 Å². The Morgan fingerprint density at radius 2 is 1.45 bits per heavy atom. The number of non-ortho nitro benzene ring substituents is 1. The smallest absolute Gasteiger partial charge is 0.270 e. The summed E-state index contributed by atoms with van der Waals surface area (Å²) in [5.74, 6) is -0.310. The molecular weight excluding hydrogens is 608 g/mol. The number of rotatable bonds is 8. The van der Waals surface area contributed by atoms with E-state index >= 15 is 0 Å². The van der Waals surface area contributed by atoms with Gasteiger partial charge in [-0.05, 0) is 24.3 Å². The van der Waals surface area contributed by atoms with Gasteiger partial charge in [-0.1, -0.05) is 30.3 Å². The lowest BCUT2D eigenvalue weighted by Crippen LogP contribution is -2.14. The molecule has 4 aromatic carbocycles. The van der Waals surface area contributed by atoms with Crippen LogP contribution in [0.25, 0.3) is 10.8 Å². The van der Waals surface area contributed by atoms with Crippen LogP contribution in [-0.4, -0.2) is 41.5 Å². The number of azo groups is 1. The SMILES string of the molecule is CS(=O)(=O)c1cc([N+](=O)[O-])ccc1N=Nc1cc(O)c2ccccc2c1NS(=O)(=O)c1cccc(S(=O)(=O)Cl)c1. The van der Waals surface area contributed by atoms with Gasteiger partial charge in [0, 0.05) is 45.9 Å². The molecular formula is C23H17ClN4O9S3. The van der Waals surface area contributed by atoms with Crippen molar-refractivity contribution in [3.63, 3.8) is 0 Å². The number of anilines is 1. The zero-order chi connectivity index (χ0) is 29.5. The molecule has 0 fully saturated rings. The van der Waals surface area contributed by atoms with Crippen LogP contribution in [0.1, 0.15) is 0 Å². The van der Waals surface area contributed by atoms with E-state index in [0.717, 1.165) is 48.7 Å². The fraction of sp³-hybridized carbons (Fsp3) is 0.0435. The topological polar surface area (TPSA) is 203 Å². The first-order valence-corrected chi connectivity index (χ1v) is 16.5. The van der Waals surface area contributed by atoms with E-state index in [9.17, 15) is 40.5 Å². The molecule has 0 saturated heterocycles. The summed E-state index contributed by atoms with van der Waals surface area (Å²) in [6.45, 7) is 0.